The Hall–Kier alpha value is -1.80. The molecule has 0 fully saturated rings. The van der Waals surface area contributed by atoms with Gasteiger partial charge < -0.3 is 10.5 Å². The van der Waals surface area contributed by atoms with E-state index in [1.807, 2.05) is 18.2 Å². The van der Waals surface area contributed by atoms with Gasteiger partial charge in [0, 0.05) is 11.6 Å². The lowest BCUT2D eigenvalue weighted by atomic mass is 10.0. The van der Waals surface area contributed by atoms with E-state index >= 15 is 0 Å². The number of para-hydroxylation sites is 1. The Labute approximate surface area is 126 Å². The van der Waals surface area contributed by atoms with Gasteiger partial charge in [-0.15, -0.1) is 0 Å². The second-order valence-electron chi connectivity index (χ2n) is 5.80. The smallest absolute Gasteiger partial charge is 0.124 e. The van der Waals surface area contributed by atoms with Crippen molar-refractivity contribution < 1.29 is 4.74 Å². The quantitative estimate of drug-likeness (QED) is 0.893. The van der Waals surface area contributed by atoms with Gasteiger partial charge in [0.25, 0.3) is 0 Å². The van der Waals surface area contributed by atoms with Crippen LogP contribution in [0.2, 0.25) is 0 Å². The summed E-state index contributed by atoms with van der Waals surface area (Å²) in [6.07, 6.45) is 4.64. The molecule has 2 aromatic rings. The minimum Gasteiger partial charge on any atom is -0.489 e. The van der Waals surface area contributed by atoms with Crippen molar-refractivity contribution in [2.75, 3.05) is 0 Å². The minimum absolute atomic E-state index is 0.0428. The van der Waals surface area contributed by atoms with Gasteiger partial charge in [-0.2, -0.15) is 0 Å². The van der Waals surface area contributed by atoms with E-state index in [-0.39, 0.29) is 6.04 Å². The van der Waals surface area contributed by atoms with Crippen molar-refractivity contribution in [1.29, 1.82) is 0 Å². The van der Waals surface area contributed by atoms with Crippen LogP contribution >= 0.6 is 0 Å². The molecule has 0 unspecified atom stereocenters. The number of aryl methyl sites for hydroxylation is 2. The fourth-order valence-corrected chi connectivity index (χ4v) is 3.01. The van der Waals surface area contributed by atoms with Crippen LogP contribution in [0, 0.1) is 0 Å². The van der Waals surface area contributed by atoms with E-state index in [9.17, 15) is 0 Å². The summed E-state index contributed by atoms with van der Waals surface area (Å²) in [7, 11) is 0. The maximum absolute atomic E-state index is 6.16. The Morgan fingerprint density at radius 1 is 1.10 bits per heavy atom. The molecule has 0 heterocycles. The van der Waals surface area contributed by atoms with E-state index < -0.39 is 0 Å². The van der Waals surface area contributed by atoms with Gasteiger partial charge in [-0.25, -0.2) is 0 Å². The van der Waals surface area contributed by atoms with Gasteiger partial charge in [-0.1, -0.05) is 43.3 Å². The van der Waals surface area contributed by atoms with Gasteiger partial charge in [0.1, 0.15) is 12.4 Å². The first-order chi connectivity index (χ1) is 10.3. The fraction of sp³-hybridized carbons (Fsp3) is 0.368. The van der Waals surface area contributed by atoms with Crippen molar-refractivity contribution in [3.8, 4) is 5.75 Å². The van der Waals surface area contributed by atoms with Gasteiger partial charge in [0.05, 0.1) is 0 Å². The van der Waals surface area contributed by atoms with Crippen LogP contribution in [0.3, 0.4) is 0 Å². The molecule has 1 aliphatic rings. The lowest BCUT2D eigenvalue weighted by Crippen LogP contribution is -2.10. The molecule has 3 rings (SSSR count). The van der Waals surface area contributed by atoms with Gasteiger partial charge in [-0.3, -0.25) is 0 Å². The summed E-state index contributed by atoms with van der Waals surface area (Å²) in [6, 6.07) is 14.9. The van der Waals surface area contributed by atoms with E-state index in [1.165, 1.54) is 36.0 Å². The maximum atomic E-state index is 6.16. The Balaban J connectivity index is 1.73. The van der Waals surface area contributed by atoms with Crippen LogP contribution < -0.4 is 10.5 Å². The monoisotopic (exact) mass is 281 g/mol. The Morgan fingerprint density at radius 3 is 2.76 bits per heavy atom. The molecule has 1 atom stereocenters. The molecule has 0 saturated carbocycles. The number of nitrogens with two attached hydrogens (primary N) is 1. The second kappa shape index (κ2) is 6.31. The summed E-state index contributed by atoms with van der Waals surface area (Å²) < 4.78 is 6.03. The van der Waals surface area contributed by atoms with Crippen LogP contribution in [0.15, 0.2) is 42.5 Å². The molecule has 1 aliphatic carbocycles. The Morgan fingerprint density at radius 2 is 1.90 bits per heavy atom. The number of hydrogen-bond acceptors (Lipinski definition) is 2. The lowest BCUT2D eigenvalue weighted by Gasteiger charge is -2.16. The van der Waals surface area contributed by atoms with Crippen molar-refractivity contribution in [1.82, 2.24) is 0 Å². The zero-order valence-corrected chi connectivity index (χ0v) is 12.6. The lowest BCUT2D eigenvalue weighted by molar-refractivity contribution is 0.300. The van der Waals surface area contributed by atoms with Gasteiger partial charge in [0.15, 0.2) is 0 Å². The number of rotatable bonds is 5. The highest BCUT2D eigenvalue weighted by molar-refractivity contribution is 5.37. The molecule has 2 nitrogen and oxygen atoms in total. The van der Waals surface area contributed by atoms with Crippen LogP contribution in [0.4, 0.5) is 0 Å². The summed E-state index contributed by atoms with van der Waals surface area (Å²) in [5, 5.41) is 0. The molecule has 0 amide bonds. The van der Waals surface area contributed by atoms with E-state index in [0.717, 1.165) is 17.7 Å². The molecule has 2 aromatic carbocycles. The minimum atomic E-state index is 0.0428. The normalized spacial score (nSPS) is 14.8. The van der Waals surface area contributed by atoms with Gasteiger partial charge >= 0.3 is 0 Å². The van der Waals surface area contributed by atoms with E-state index in [0.29, 0.717) is 6.61 Å². The molecule has 0 aromatic heterocycles. The molecule has 2 heteroatoms. The van der Waals surface area contributed by atoms with Crippen molar-refractivity contribution in [2.45, 2.75) is 45.3 Å². The highest BCUT2D eigenvalue weighted by Crippen LogP contribution is 2.27. The SMILES string of the molecule is CC[C@@H](N)c1ccccc1OCc1ccc2c(c1)CCC2. The third kappa shape index (κ3) is 3.11. The highest BCUT2D eigenvalue weighted by Gasteiger charge is 2.12. The predicted octanol–water partition coefficient (Wildman–Crippen LogP) is 4.16. The summed E-state index contributed by atoms with van der Waals surface area (Å²) >= 11 is 0. The van der Waals surface area contributed by atoms with Gasteiger partial charge in [0.2, 0.25) is 0 Å². The number of ether oxygens (including phenoxy) is 1. The summed E-state index contributed by atoms with van der Waals surface area (Å²) in [6.45, 7) is 2.71. The molecule has 0 radical (unpaired) electrons. The Bertz CT molecular complexity index is 621. The third-order valence-electron chi connectivity index (χ3n) is 4.32. The van der Waals surface area contributed by atoms with Crippen LogP contribution in [0.5, 0.6) is 5.75 Å². The molecule has 0 aliphatic heterocycles. The zero-order chi connectivity index (χ0) is 14.7. The van der Waals surface area contributed by atoms with E-state index in [2.05, 4.69) is 31.2 Å². The first kappa shape index (κ1) is 14.2. The average molecular weight is 281 g/mol. The molecular formula is C19H23NO. The number of benzene rings is 2. The van der Waals surface area contributed by atoms with Gasteiger partial charge in [-0.05, 0) is 48.4 Å². The first-order valence-corrected chi connectivity index (χ1v) is 7.86. The summed E-state index contributed by atoms with van der Waals surface area (Å²) in [5.74, 6) is 0.910. The van der Waals surface area contributed by atoms with Crippen molar-refractivity contribution >= 4 is 0 Å². The molecule has 21 heavy (non-hydrogen) atoms. The van der Waals surface area contributed by atoms with Crippen LogP contribution in [0.25, 0.3) is 0 Å². The second-order valence-corrected chi connectivity index (χ2v) is 5.80. The standard InChI is InChI=1S/C19H23NO/c1-2-18(20)17-8-3-4-9-19(17)21-13-14-10-11-15-6-5-7-16(15)12-14/h3-4,8-12,18H,2,5-7,13,20H2,1H3/t18-/m1/s1. The molecule has 0 saturated heterocycles. The largest absolute Gasteiger partial charge is 0.489 e. The van der Waals surface area contributed by atoms with E-state index in [4.69, 9.17) is 10.5 Å². The molecular weight excluding hydrogens is 258 g/mol. The summed E-state index contributed by atoms with van der Waals surface area (Å²) in [4.78, 5) is 0. The zero-order valence-electron chi connectivity index (χ0n) is 12.6. The first-order valence-electron chi connectivity index (χ1n) is 7.86. The third-order valence-corrected chi connectivity index (χ3v) is 4.32. The molecule has 0 spiro atoms. The Kier molecular flexibility index (Phi) is 4.26. The van der Waals surface area contributed by atoms with Crippen molar-refractivity contribution in [3.05, 3.63) is 64.7 Å². The number of hydrogen-bond donors (Lipinski definition) is 1. The van der Waals surface area contributed by atoms with Crippen LogP contribution in [0.1, 0.15) is 48.1 Å². The van der Waals surface area contributed by atoms with Crippen LogP contribution in [-0.4, -0.2) is 0 Å². The average Bonchev–Trinajstić information content (AvgIpc) is 3.00. The van der Waals surface area contributed by atoms with E-state index in [1.54, 1.807) is 0 Å². The highest BCUT2D eigenvalue weighted by atomic mass is 16.5. The maximum Gasteiger partial charge on any atom is 0.124 e. The molecule has 110 valence electrons. The molecule has 0 bridgehead atoms. The van der Waals surface area contributed by atoms with Crippen molar-refractivity contribution in [2.24, 2.45) is 5.73 Å². The predicted molar refractivity (Wildman–Crippen MR) is 86.5 cm³/mol. The summed E-state index contributed by atoms with van der Waals surface area (Å²) in [5.41, 5.74) is 11.5. The fourth-order valence-electron chi connectivity index (χ4n) is 3.01. The van der Waals surface area contributed by atoms with Crippen LogP contribution in [-0.2, 0) is 19.4 Å². The number of fused-ring (bicyclic) bond motifs is 1. The topological polar surface area (TPSA) is 35.2 Å². The molecule has 2 N–H and O–H groups in total. The van der Waals surface area contributed by atoms with Crippen molar-refractivity contribution in [3.63, 3.8) is 0 Å².